The van der Waals surface area contributed by atoms with E-state index in [9.17, 15) is 4.79 Å². The number of aromatic nitrogens is 3. The minimum absolute atomic E-state index is 0.0502. The first-order valence-electron chi connectivity index (χ1n) is 4.66. The van der Waals surface area contributed by atoms with Crippen LogP contribution in [0.5, 0.6) is 0 Å². The fourth-order valence-electron chi connectivity index (χ4n) is 0.951. The van der Waals surface area contributed by atoms with Gasteiger partial charge in [0.25, 0.3) is 0 Å². The molecule has 0 fully saturated rings. The lowest BCUT2D eigenvalue weighted by molar-refractivity contribution is -0.00807. The van der Waals surface area contributed by atoms with Crippen LogP contribution in [-0.2, 0) is 11.3 Å². The Balaban J connectivity index is 2.41. The van der Waals surface area contributed by atoms with Gasteiger partial charge in [0.1, 0.15) is 0 Å². The summed E-state index contributed by atoms with van der Waals surface area (Å²) in [5.74, 6) is -1.07. The van der Waals surface area contributed by atoms with Crippen LogP contribution in [0.25, 0.3) is 0 Å². The molecule has 6 heteroatoms. The van der Waals surface area contributed by atoms with Crippen molar-refractivity contribution in [3.8, 4) is 0 Å². The van der Waals surface area contributed by atoms with E-state index in [0.717, 1.165) is 0 Å². The van der Waals surface area contributed by atoms with Crippen molar-refractivity contribution in [1.82, 2.24) is 15.0 Å². The summed E-state index contributed by atoms with van der Waals surface area (Å²) in [6, 6.07) is 0. The Kier molecular flexibility index (Phi) is 3.41. The van der Waals surface area contributed by atoms with Gasteiger partial charge in [0.05, 0.1) is 24.9 Å². The average molecular weight is 213 g/mol. The Labute approximate surface area is 87.9 Å². The molecular weight excluding hydrogens is 198 g/mol. The van der Waals surface area contributed by atoms with Crippen LogP contribution in [-0.4, -0.2) is 38.3 Å². The maximum Gasteiger partial charge on any atom is 0.358 e. The van der Waals surface area contributed by atoms with Crippen molar-refractivity contribution in [2.75, 3.05) is 6.61 Å². The summed E-state index contributed by atoms with van der Waals surface area (Å²) in [7, 11) is 0. The van der Waals surface area contributed by atoms with Crippen LogP contribution in [0.2, 0.25) is 0 Å². The van der Waals surface area contributed by atoms with E-state index in [1.54, 1.807) is 0 Å². The lowest BCUT2D eigenvalue weighted by Crippen LogP contribution is -2.22. The Hall–Kier alpha value is -1.43. The summed E-state index contributed by atoms with van der Waals surface area (Å²) in [5.41, 5.74) is -0.248. The van der Waals surface area contributed by atoms with E-state index < -0.39 is 5.97 Å². The highest BCUT2D eigenvalue weighted by Crippen LogP contribution is 2.06. The molecule has 0 saturated heterocycles. The van der Waals surface area contributed by atoms with Crippen molar-refractivity contribution >= 4 is 5.97 Å². The number of carbonyl (C=O) groups is 1. The lowest BCUT2D eigenvalue weighted by Gasteiger charge is -2.19. The Morgan fingerprint density at radius 1 is 1.60 bits per heavy atom. The Morgan fingerprint density at radius 3 is 2.73 bits per heavy atom. The van der Waals surface area contributed by atoms with Crippen LogP contribution in [0.4, 0.5) is 0 Å². The van der Waals surface area contributed by atoms with Crippen LogP contribution >= 0.6 is 0 Å². The minimum Gasteiger partial charge on any atom is -0.476 e. The molecule has 0 aliphatic rings. The van der Waals surface area contributed by atoms with Gasteiger partial charge in [-0.2, -0.15) is 0 Å². The van der Waals surface area contributed by atoms with Gasteiger partial charge in [-0.3, -0.25) is 0 Å². The minimum atomic E-state index is -1.07. The summed E-state index contributed by atoms with van der Waals surface area (Å²) >= 11 is 0. The molecule has 15 heavy (non-hydrogen) atoms. The summed E-state index contributed by atoms with van der Waals surface area (Å²) in [5, 5.41) is 15.8. The molecule has 1 heterocycles. The molecule has 1 N–H and O–H groups in total. The van der Waals surface area contributed by atoms with E-state index in [0.29, 0.717) is 13.2 Å². The van der Waals surface area contributed by atoms with Crippen molar-refractivity contribution in [2.24, 2.45) is 0 Å². The first-order valence-corrected chi connectivity index (χ1v) is 4.66. The molecule has 1 aromatic rings. The van der Waals surface area contributed by atoms with Crippen LogP contribution in [0.1, 0.15) is 31.3 Å². The largest absolute Gasteiger partial charge is 0.476 e. The van der Waals surface area contributed by atoms with E-state index in [4.69, 9.17) is 9.84 Å². The van der Waals surface area contributed by atoms with Gasteiger partial charge in [0, 0.05) is 0 Å². The van der Waals surface area contributed by atoms with E-state index >= 15 is 0 Å². The highest BCUT2D eigenvalue weighted by molar-refractivity contribution is 5.84. The van der Waals surface area contributed by atoms with Gasteiger partial charge in [-0.1, -0.05) is 5.21 Å². The number of hydrogen-bond acceptors (Lipinski definition) is 4. The number of carboxylic acid groups (broad SMARTS) is 1. The zero-order valence-electron chi connectivity index (χ0n) is 9.10. The molecule has 1 rings (SSSR count). The van der Waals surface area contributed by atoms with Crippen molar-refractivity contribution in [2.45, 2.75) is 32.9 Å². The standard InChI is InChI=1S/C9H15N3O3/c1-9(2,3)15-5-4-12-6-7(8(13)14)10-11-12/h6H,4-5H2,1-3H3,(H,13,14). The third-order valence-corrected chi connectivity index (χ3v) is 1.61. The Morgan fingerprint density at radius 2 is 2.27 bits per heavy atom. The first kappa shape index (κ1) is 11.6. The number of carboxylic acids is 1. The van der Waals surface area contributed by atoms with Gasteiger partial charge >= 0.3 is 5.97 Å². The van der Waals surface area contributed by atoms with Gasteiger partial charge < -0.3 is 9.84 Å². The van der Waals surface area contributed by atoms with Crippen molar-refractivity contribution < 1.29 is 14.6 Å². The van der Waals surface area contributed by atoms with Crippen LogP contribution in [0.3, 0.4) is 0 Å². The second kappa shape index (κ2) is 4.39. The van der Waals surface area contributed by atoms with Gasteiger partial charge in [0.2, 0.25) is 0 Å². The predicted molar refractivity (Wildman–Crippen MR) is 52.7 cm³/mol. The molecule has 0 spiro atoms. The average Bonchev–Trinajstić information content (AvgIpc) is 2.50. The normalized spacial score (nSPS) is 11.7. The molecule has 0 saturated carbocycles. The number of rotatable bonds is 4. The smallest absolute Gasteiger partial charge is 0.358 e. The maximum absolute atomic E-state index is 10.5. The van der Waals surface area contributed by atoms with E-state index in [1.165, 1.54) is 10.9 Å². The molecule has 0 unspecified atom stereocenters. The van der Waals surface area contributed by atoms with E-state index in [-0.39, 0.29) is 11.3 Å². The molecule has 0 aromatic carbocycles. The van der Waals surface area contributed by atoms with Gasteiger partial charge in [-0.15, -0.1) is 5.10 Å². The van der Waals surface area contributed by atoms with E-state index in [2.05, 4.69) is 10.3 Å². The maximum atomic E-state index is 10.5. The molecule has 6 nitrogen and oxygen atoms in total. The number of ether oxygens (including phenoxy) is 1. The SMILES string of the molecule is CC(C)(C)OCCn1cc(C(=O)O)nn1. The molecule has 84 valence electrons. The van der Waals surface area contributed by atoms with Gasteiger partial charge in [-0.05, 0) is 20.8 Å². The summed E-state index contributed by atoms with van der Waals surface area (Å²) in [4.78, 5) is 10.5. The number of hydrogen-bond donors (Lipinski definition) is 1. The van der Waals surface area contributed by atoms with Crippen LogP contribution < -0.4 is 0 Å². The summed E-state index contributed by atoms with van der Waals surface area (Å²) in [6.07, 6.45) is 1.38. The highest BCUT2D eigenvalue weighted by atomic mass is 16.5. The highest BCUT2D eigenvalue weighted by Gasteiger charge is 2.11. The third kappa shape index (κ3) is 4.07. The topological polar surface area (TPSA) is 77.2 Å². The molecule has 1 aromatic heterocycles. The second-order valence-corrected chi connectivity index (χ2v) is 4.13. The van der Waals surface area contributed by atoms with Crippen LogP contribution in [0, 0.1) is 0 Å². The molecule has 0 bridgehead atoms. The van der Waals surface area contributed by atoms with Gasteiger partial charge in [0.15, 0.2) is 5.69 Å². The third-order valence-electron chi connectivity index (χ3n) is 1.61. The van der Waals surface area contributed by atoms with Gasteiger partial charge in [-0.25, -0.2) is 9.48 Å². The fraction of sp³-hybridized carbons (Fsp3) is 0.667. The molecule has 0 aliphatic carbocycles. The molecule has 0 radical (unpaired) electrons. The van der Waals surface area contributed by atoms with Crippen molar-refractivity contribution in [1.29, 1.82) is 0 Å². The molecule has 0 atom stereocenters. The quantitative estimate of drug-likeness (QED) is 0.800. The monoisotopic (exact) mass is 213 g/mol. The zero-order chi connectivity index (χ0) is 11.5. The Bertz CT molecular complexity index is 341. The number of nitrogens with zero attached hydrogens (tertiary/aromatic N) is 3. The van der Waals surface area contributed by atoms with Crippen molar-refractivity contribution in [3.63, 3.8) is 0 Å². The first-order chi connectivity index (χ1) is 6.88. The van der Waals surface area contributed by atoms with Crippen molar-refractivity contribution in [3.05, 3.63) is 11.9 Å². The predicted octanol–water partition coefficient (Wildman–Crippen LogP) is 0.791. The van der Waals surface area contributed by atoms with Crippen LogP contribution in [0.15, 0.2) is 6.20 Å². The zero-order valence-corrected chi connectivity index (χ0v) is 9.10. The second-order valence-electron chi connectivity index (χ2n) is 4.13. The molecule has 0 amide bonds. The summed E-state index contributed by atoms with van der Waals surface area (Å²) in [6.45, 7) is 6.84. The molecule has 0 aliphatic heterocycles. The summed E-state index contributed by atoms with van der Waals surface area (Å²) < 4.78 is 6.92. The molecular formula is C9H15N3O3. The number of aromatic carboxylic acids is 1. The van der Waals surface area contributed by atoms with E-state index in [1.807, 2.05) is 20.8 Å². The fourth-order valence-corrected chi connectivity index (χ4v) is 0.951. The lowest BCUT2D eigenvalue weighted by atomic mass is 10.2.